The largest absolute Gasteiger partial charge is 0.339 e. The molecule has 0 bridgehead atoms. The van der Waals surface area contributed by atoms with Crippen LogP contribution < -0.4 is 4.90 Å². The number of hydrogen-bond acceptors (Lipinski definition) is 2. The van der Waals surface area contributed by atoms with Crippen LogP contribution >= 0.6 is 15.9 Å². The van der Waals surface area contributed by atoms with Gasteiger partial charge in [-0.15, -0.1) is 0 Å². The molecule has 0 radical (unpaired) electrons. The molecule has 1 heterocycles. The predicted octanol–water partition coefficient (Wildman–Crippen LogP) is 5.19. The maximum absolute atomic E-state index is 3.61. The average Bonchev–Trinajstić information content (AvgIpc) is 2.72. The Bertz CT molecular complexity index is 854. The molecule has 3 heteroatoms. The van der Waals surface area contributed by atoms with Gasteiger partial charge in [0.2, 0.25) is 0 Å². The number of hydrogen-bond donors (Lipinski definition) is 0. The smallest absolute Gasteiger partial charge is 0.0490 e. The minimum Gasteiger partial charge on any atom is -0.339 e. The van der Waals surface area contributed by atoms with Crippen LogP contribution in [-0.2, 0) is 6.54 Å². The minimum atomic E-state index is 0.982. The van der Waals surface area contributed by atoms with Crippen molar-refractivity contribution in [3.05, 3.63) is 70.7 Å². The van der Waals surface area contributed by atoms with Gasteiger partial charge in [-0.2, -0.15) is 0 Å². The number of rotatable bonds is 1. The summed E-state index contributed by atoms with van der Waals surface area (Å²) in [6, 6.07) is 21.8. The van der Waals surface area contributed by atoms with Crippen molar-refractivity contribution in [3.63, 3.8) is 0 Å². The van der Waals surface area contributed by atoms with Gasteiger partial charge in [0.05, 0.1) is 0 Å². The zero-order valence-corrected chi connectivity index (χ0v) is 14.8. The van der Waals surface area contributed by atoms with E-state index in [1.54, 1.807) is 0 Å². The molecule has 23 heavy (non-hydrogen) atoms. The SMILES string of the molecule is CN1CCN(c2cccc3ccccc23)c2ccc(Br)cc2C1. The number of anilines is 2. The molecule has 0 saturated carbocycles. The van der Waals surface area contributed by atoms with E-state index in [9.17, 15) is 0 Å². The zero-order valence-electron chi connectivity index (χ0n) is 13.2. The van der Waals surface area contributed by atoms with Crippen molar-refractivity contribution < 1.29 is 0 Å². The molecule has 116 valence electrons. The topological polar surface area (TPSA) is 6.48 Å². The van der Waals surface area contributed by atoms with Crippen molar-refractivity contribution in [1.82, 2.24) is 4.90 Å². The molecule has 0 fully saturated rings. The molecule has 0 aliphatic carbocycles. The first kappa shape index (κ1) is 14.7. The number of fused-ring (bicyclic) bond motifs is 2. The van der Waals surface area contributed by atoms with Crippen molar-refractivity contribution >= 4 is 38.1 Å². The maximum Gasteiger partial charge on any atom is 0.0490 e. The Morgan fingerprint density at radius 3 is 2.61 bits per heavy atom. The van der Waals surface area contributed by atoms with E-state index >= 15 is 0 Å². The van der Waals surface area contributed by atoms with Crippen LogP contribution in [0.5, 0.6) is 0 Å². The van der Waals surface area contributed by atoms with Crippen molar-refractivity contribution in [2.75, 3.05) is 25.0 Å². The van der Waals surface area contributed by atoms with Crippen LogP contribution in [0, 0.1) is 0 Å². The quantitative estimate of drug-likeness (QED) is 0.584. The van der Waals surface area contributed by atoms with Gasteiger partial charge in [0.1, 0.15) is 0 Å². The third kappa shape index (κ3) is 2.75. The molecule has 0 unspecified atom stereocenters. The molecule has 3 aromatic rings. The highest BCUT2D eigenvalue weighted by molar-refractivity contribution is 9.10. The Hall–Kier alpha value is -1.84. The van der Waals surface area contributed by atoms with Gasteiger partial charge in [-0.3, -0.25) is 0 Å². The molecule has 0 spiro atoms. The van der Waals surface area contributed by atoms with E-state index in [1.165, 1.54) is 27.7 Å². The normalized spacial score (nSPS) is 15.5. The van der Waals surface area contributed by atoms with Crippen molar-refractivity contribution in [2.45, 2.75) is 6.54 Å². The monoisotopic (exact) mass is 366 g/mol. The van der Waals surface area contributed by atoms with Crippen LogP contribution in [0.25, 0.3) is 10.8 Å². The predicted molar refractivity (Wildman–Crippen MR) is 101 cm³/mol. The lowest BCUT2D eigenvalue weighted by molar-refractivity contribution is 0.343. The fraction of sp³-hybridized carbons (Fsp3) is 0.200. The Labute approximate surface area is 145 Å². The second kappa shape index (κ2) is 5.99. The summed E-state index contributed by atoms with van der Waals surface area (Å²) in [4.78, 5) is 4.85. The van der Waals surface area contributed by atoms with Gasteiger partial charge >= 0.3 is 0 Å². The molecule has 2 nitrogen and oxygen atoms in total. The summed E-state index contributed by atoms with van der Waals surface area (Å²) in [5.74, 6) is 0. The molecule has 0 N–H and O–H groups in total. The van der Waals surface area contributed by atoms with Crippen LogP contribution in [-0.4, -0.2) is 25.0 Å². The van der Waals surface area contributed by atoms with E-state index in [4.69, 9.17) is 0 Å². The van der Waals surface area contributed by atoms with Crippen LogP contribution in [0.2, 0.25) is 0 Å². The number of benzene rings is 3. The van der Waals surface area contributed by atoms with E-state index in [0.717, 1.165) is 24.1 Å². The maximum atomic E-state index is 3.61. The fourth-order valence-electron chi connectivity index (χ4n) is 3.40. The zero-order chi connectivity index (χ0) is 15.8. The summed E-state index contributed by atoms with van der Waals surface area (Å²) >= 11 is 3.61. The summed E-state index contributed by atoms with van der Waals surface area (Å²) in [6.07, 6.45) is 0. The summed E-state index contributed by atoms with van der Waals surface area (Å²) in [6.45, 7) is 3.03. The summed E-state index contributed by atoms with van der Waals surface area (Å²) in [5, 5.41) is 2.61. The molecule has 0 aromatic heterocycles. The average molecular weight is 367 g/mol. The molecule has 1 aliphatic rings. The van der Waals surface area contributed by atoms with Gasteiger partial charge in [-0.1, -0.05) is 52.3 Å². The molecular formula is C20H19BrN2. The lowest BCUT2D eigenvalue weighted by Gasteiger charge is -2.26. The molecule has 0 saturated heterocycles. The van der Waals surface area contributed by atoms with Gasteiger partial charge in [0, 0.05) is 40.9 Å². The van der Waals surface area contributed by atoms with E-state index < -0.39 is 0 Å². The minimum absolute atomic E-state index is 0.982. The molecule has 1 aliphatic heterocycles. The van der Waals surface area contributed by atoms with Crippen LogP contribution in [0.1, 0.15) is 5.56 Å². The molecule has 4 rings (SSSR count). The Morgan fingerprint density at radius 1 is 0.870 bits per heavy atom. The van der Waals surface area contributed by atoms with E-state index in [-0.39, 0.29) is 0 Å². The second-order valence-electron chi connectivity index (χ2n) is 6.16. The van der Waals surface area contributed by atoms with E-state index in [0.29, 0.717) is 0 Å². The molecular weight excluding hydrogens is 348 g/mol. The highest BCUT2D eigenvalue weighted by Crippen LogP contribution is 2.36. The number of likely N-dealkylation sites (N-methyl/N-ethyl adjacent to an activating group) is 1. The number of halogens is 1. The van der Waals surface area contributed by atoms with Crippen molar-refractivity contribution in [3.8, 4) is 0 Å². The van der Waals surface area contributed by atoms with Gasteiger partial charge in [0.25, 0.3) is 0 Å². The molecule has 0 amide bonds. The highest BCUT2D eigenvalue weighted by Gasteiger charge is 2.20. The standard InChI is InChI=1S/C20H19BrN2/c1-22-11-12-23(19-10-9-17(21)13-16(19)14-22)20-8-4-6-15-5-2-3-7-18(15)20/h2-10,13H,11-12,14H2,1H3. The van der Waals surface area contributed by atoms with E-state index in [2.05, 4.69) is 93.4 Å². The van der Waals surface area contributed by atoms with Crippen LogP contribution in [0.15, 0.2) is 65.1 Å². The first-order valence-electron chi connectivity index (χ1n) is 7.95. The van der Waals surface area contributed by atoms with Gasteiger partial charge in [-0.25, -0.2) is 0 Å². The van der Waals surface area contributed by atoms with Gasteiger partial charge < -0.3 is 9.80 Å². The first-order chi connectivity index (χ1) is 11.2. The summed E-state index contributed by atoms with van der Waals surface area (Å²) in [7, 11) is 2.19. The van der Waals surface area contributed by atoms with Crippen LogP contribution in [0.4, 0.5) is 11.4 Å². The van der Waals surface area contributed by atoms with Crippen molar-refractivity contribution in [2.24, 2.45) is 0 Å². The first-order valence-corrected chi connectivity index (χ1v) is 8.74. The Morgan fingerprint density at radius 2 is 1.70 bits per heavy atom. The Kier molecular flexibility index (Phi) is 3.83. The summed E-state index contributed by atoms with van der Waals surface area (Å²) < 4.78 is 1.14. The lowest BCUT2D eigenvalue weighted by atomic mass is 10.1. The third-order valence-electron chi connectivity index (χ3n) is 4.54. The van der Waals surface area contributed by atoms with Crippen LogP contribution in [0.3, 0.4) is 0 Å². The lowest BCUT2D eigenvalue weighted by Crippen LogP contribution is -2.26. The van der Waals surface area contributed by atoms with Crippen molar-refractivity contribution in [1.29, 1.82) is 0 Å². The fourth-order valence-corrected chi connectivity index (χ4v) is 3.81. The van der Waals surface area contributed by atoms with Gasteiger partial charge in [-0.05, 0) is 42.3 Å². The third-order valence-corrected chi connectivity index (χ3v) is 5.03. The Balaban J connectivity index is 1.91. The second-order valence-corrected chi connectivity index (χ2v) is 7.08. The summed E-state index contributed by atoms with van der Waals surface area (Å²) in [5.41, 5.74) is 3.98. The van der Waals surface area contributed by atoms with E-state index in [1.807, 2.05) is 0 Å². The molecule has 0 atom stereocenters. The van der Waals surface area contributed by atoms with Gasteiger partial charge in [0.15, 0.2) is 0 Å². The highest BCUT2D eigenvalue weighted by atomic mass is 79.9. The molecule has 3 aromatic carbocycles. The number of nitrogens with zero attached hydrogens (tertiary/aromatic N) is 2.